The number of amides is 1. The predicted octanol–water partition coefficient (Wildman–Crippen LogP) is 1.10. The van der Waals surface area contributed by atoms with Gasteiger partial charge in [0.25, 0.3) is 0 Å². The number of carbonyl (C=O) groups excluding carboxylic acids is 2. The number of methoxy groups -OCH3 is 2. The number of esters is 1. The normalized spacial score (nSPS) is 10.2. The number of rotatable bonds is 5. The quantitative estimate of drug-likeness (QED) is 0.378. The second-order valence-corrected chi connectivity index (χ2v) is 3.77. The summed E-state index contributed by atoms with van der Waals surface area (Å²) in [5.41, 5.74) is 2.89. The van der Waals surface area contributed by atoms with Crippen LogP contribution in [0.25, 0.3) is 0 Å². The molecule has 1 rings (SSSR count). The molecular weight excluding hydrogens is 264 g/mol. The van der Waals surface area contributed by atoms with E-state index in [2.05, 4.69) is 10.5 Å². The fourth-order valence-corrected chi connectivity index (χ4v) is 1.42. The van der Waals surface area contributed by atoms with Crippen molar-refractivity contribution in [1.29, 1.82) is 0 Å². The van der Waals surface area contributed by atoms with Crippen LogP contribution in [0.5, 0.6) is 17.2 Å². The molecule has 7 heteroatoms. The van der Waals surface area contributed by atoms with Gasteiger partial charge >= 0.3 is 5.97 Å². The van der Waals surface area contributed by atoms with E-state index in [0.29, 0.717) is 17.1 Å². The van der Waals surface area contributed by atoms with E-state index in [1.165, 1.54) is 34.3 Å². The molecule has 0 saturated carbocycles. The lowest BCUT2D eigenvalue weighted by atomic mass is 10.2. The van der Waals surface area contributed by atoms with Crippen LogP contribution in [-0.4, -0.2) is 32.3 Å². The Morgan fingerprint density at radius 3 is 2.10 bits per heavy atom. The van der Waals surface area contributed by atoms with Crippen LogP contribution in [0.4, 0.5) is 0 Å². The van der Waals surface area contributed by atoms with E-state index in [4.69, 9.17) is 14.2 Å². The maximum Gasteiger partial charge on any atom is 0.308 e. The Labute approximate surface area is 116 Å². The summed E-state index contributed by atoms with van der Waals surface area (Å²) < 4.78 is 15.4. The second kappa shape index (κ2) is 7.13. The van der Waals surface area contributed by atoms with Crippen LogP contribution in [0.3, 0.4) is 0 Å². The van der Waals surface area contributed by atoms with Gasteiger partial charge in [0.05, 0.1) is 20.4 Å². The zero-order chi connectivity index (χ0) is 15.1. The molecule has 0 aliphatic rings. The molecule has 1 amide bonds. The van der Waals surface area contributed by atoms with E-state index in [1.807, 2.05) is 0 Å². The third-order valence-electron chi connectivity index (χ3n) is 2.16. The first-order valence-electron chi connectivity index (χ1n) is 5.72. The first-order valence-corrected chi connectivity index (χ1v) is 5.72. The van der Waals surface area contributed by atoms with E-state index in [1.54, 1.807) is 12.1 Å². The highest BCUT2D eigenvalue weighted by Gasteiger charge is 2.15. The summed E-state index contributed by atoms with van der Waals surface area (Å²) in [5, 5.41) is 3.74. The first-order chi connectivity index (χ1) is 9.47. The van der Waals surface area contributed by atoms with Crippen LogP contribution in [0.15, 0.2) is 17.2 Å². The zero-order valence-corrected chi connectivity index (χ0v) is 11.7. The topological polar surface area (TPSA) is 86.2 Å². The highest BCUT2D eigenvalue weighted by Crippen LogP contribution is 2.38. The van der Waals surface area contributed by atoms with Gasteiger partial charge in [-0.3, -0.25) is 9.59 Å². The molecule has 1 aromatic rings. The third kappa shape index (κ3) is 4.27. The molecule has 0 aliphatic heterocycles. The standard InChI is InChI=1S/C13H16N2O5/c1-8(16)15-14-7-10-5-11(18-3)13(20-9(2)17)12(6-10)19-4/h5-7H,1-4H3,(H,15,16)/b14-7-. The van der Waals surface area contributed by atoms with Crippen molar-refractivity contribution < 1.29 is 23.8 Å². The molecule has 7 nitrogen and oxygen atoms in total. The smallest absolute Gasteiger partial charge is 0.308 e. The minimum atomic E-state index is -0.485. The summed E-state index contributed by atoms with van der Waals surface area (Å²) in [4.78, 5) is 21.8. The minimum Gasteiger partial charge on any atom is -0.493 e. The number of hydrogen-bond acceptors (Lipinski definition) is 6. The Kier molecular flexibility index (Phi) is 5.52. The van der Waals surface area contributed by atoms with Crippen LogP contribution >= 0.6 is 0 Å². The predicted molar refractivity (Wildman–Crippen MR) is 72.3 cm³/mol. The number of nitrogens with one attached hydrogen (secondary N) is 1. The molecule has 108 valence electrons. The van der Waals surface area contributed by atoms with Crippen molar-refractivity contribution in [2.24, 2.45) is 5.10 Å². The average molecular weight is 280 g/mol. The molecule has 0 radical (unpaired) electrons. The Hall–Kier alpha value is -2.57. The Bertz CT molecular complexity index is 515. The van der Waals surface area contributed by atoms with Crippen molar-refractivity contribution in [1.82, 2.24) is 5.43 Å². The summed E-state index contributed by atoms with van der Waals surface area (Å²) in [7, 11) is 2.88. The van der Waals surface area contributed by atoms with Gasteiger partial charge in [-0.05, 0) is 12.1 Å². The molecule has 0 unspecified atom stereocenters. The molecule has 0 atom stereocenters. The van der Waals surface area contributed by atoms with Gasteiger partial charge in [0.1, 0.15) is 0 Å². The van der Waals surface area contributed by atoms with Crippen LogP contribution in [0.1, 0.15) is 19.4 Å². The molecule has 20 heavy (non-hydrogen) atoms. The van der Waals surface area contributed by atoms with Crippen molar-refractivity contribution in [3.63, 3.8) is 0 Å². The van der Waals surface area contributed by atoms with Crippen LogP contribution in [0.2, 0.25) is 0 Å². The summed E-state index contributed by atoms with van der Waals surface area (Å²) in [6.45, 7) is 2.63. The maximum atomic E-state index is 11.1. The van der Waals surface area contributed by atoms with Gasteiger partial charge in [-0.2, -0.15) is 5.10 Å². The first kappa shape index (κ1) is 15.5. The van der Waals surface area contributed by atoms with Crippen LogP contribution in [0, 0.1) is 0 Å². The largest absolute Gasteiger partial charge is 0.493 e. The Balaban J connectivity index is 3.14. The highest BCUT2D eigenvalue weighted by molar-refractivity contribution is 5.84. The molecule has 1 N–H and O–H groups in total. The van der Waals surface area contributed by atoms with Crippen molar-refractivity contribution >= 4 is 18.1 Å². The Morgan fingerprint density at radius 2 is 1.70 bits per heavy atom. The fraction of sp³-hybridized carbons (Fsp3) is 0.308. The lowest BCUT2D eigenvalue weighted by molar-refractivity contribution is -0.132. The number of ether oxygens (including phenoxy) is 3. The molecule has 0 aromatic heterocycles. The summed E-state index contributed by atoms with van der Waals surface area (Å²) in [6, 6.07) is 3.21. The number of nitrogens with zero attached hydrogens (tertiary/aromatic N) is 1. The Morgan fingerprint density at radius 1 is 1.15 bits per heavy atom. The lowest BCUT2D eigenvalue weighted by Gasteiger charge is -2.13. The summed E-state index contributed by atoms with van der Waals surface area (Å²) in [5.74, 6) is 0.0739. The zero-order valence-electron chi connectivity index (χ0n) is 11.7. The number of carbonyl (C=O) groups is 2. The van der Waals surface area contributed by atoms with Gasteiger partial charge in [-0.15, -0.1) is 0 Å². The number of benzene rings is 1. The van der Waals surface area contributed by atoms with Crippen molar-refractivity contribution in [3.8, 4) is 17.2 Å². The van der Waals surface area contributed by atoms with Crippen molar-refractivity contribution in [2.45, 2.75) is 13.8 Å². The lowest BCUT2D eigenvalue weighted by Crippen LogP contribution is -2.12. The van der Waals surface area contributed by atoms with E-state index >= 15 is 0 Å². The SMILES string of the molecule is COc1cc(/C=N\NC(C)=O)cc(OC)c1OC(C)=O. The molecule has 0 saturated heterocycles. The molecule has 0 heterocycles. The molecule has 0 bridgehead atoms. The molecule has 1 aromatic carbocycles. The van der Waals surface area contributed by atoms with Crippen molar-refractivity contribution in [2.75, 3.05) is 14.2 Å². The number of hydrazone groups is 1. The monoisotopic (exact) mass is 280 g/mol. The highest BCUT2D eigenvalue weighted by atomic mass is 16.6. The van der Waals surface area contributed by atoms with Gasteiger partial charge in [-0.1, -0.05) is 0 Å². The van der Waals surface area contributed by atoms with Crippen LogP contribution < -0.4 is 19.6 Å². The summed E-state index contributed by atoms with van der Waals surface area (Å²) >= 11 is 0. The maximum absolute atomic E-state index is 11.1. The van der Waals surface area contributed by atoms with E-state index in [0.717, 1.165) is 0 Å². The molecule has 0 aliphatic carbocycles. The van der Waals surface area contributed by atoms with Gasteiger partial charge in [0, 0.05) is 19.4 Å². The molecule has 0 spiro atoms. The fourth-order valence-electron chi connectivity index (χ4n) is 1.42. The third-order valence-corrected chi connectivity index (χ3v) is 2.16. The van der Waals surface area contributed by atoms with Gasteiger partial charge < -0.3 is 14.2 Å². The van der Waals surface area contributed by atoms with E-state index < -0.39 is 5.97 Å². The average Bonchev–Trinajstić information content (AvgIpc) is 2.38. The number of hydrogen-bond donors (Lipinski definition) is 1. The minimum absolute atomic E-state index is 0.194. The van der Waals surface area contributed by atoms with E-state index in [9.17, 15) is 9.59 Å². The van der Waals surface area contributed by atoms with Crippen molar-refractivity contribution in [3.05, 3.63) is 17.7 Å². The molecule has 0 fully saturated rings. The van der Waals surface area contributed by atoms with E-state index in [-0.39, 0.29) is 11.7 Å². The van der Waals surface area contributed by atoms with Gasteiger partial charge in [-0.25, -0.2) is 5.43 Å². The van der Waals surface area contributed by atoms with Crippen LogP contribution in [-0.2, 0) is 9.59 Å². The van der Waals surface area contributed by atoms with Gasteiger partial charge in [0.2, 0.25) is 11.7 Å². The van der Waals surface area contributed by atoms with Gasteiger partial charge in [0.15, 0.2) is 11.5 Å². The molecular formula is C13H16N2O5. The second-order valence-electron chi connectivity index (χ2n) is 3.77. The summed E-state index contributed by atoms with van der Waals surface area (Å²) in [6.07, 6.45) is 1.42.